The van der Waals surface area contributed by atoms with Gasteiger partial charge in [0.2, 0.25) is 0 Å². The maximum atomic E-state index is 12.5. The van der Waals surface area contributed by atoms with E-state index in [1.54, 1.807) is 11.8 Å². The van der Waals surface area contributed by atoms with Gasteiger partial charge in [0.25, 0.3) is 5.91 Å². The van der Waals surface area contributed by atoms with E-state index in [1.807, 2.05) is 31.2 Å². The summed E-state index contributed by atoms with van der Waals surface area (Å²) >= 11 is 0. The van der Waals surface area contributed by atoms with Crippen LogP contribution < -0.4 is 4.74 Å². The number of hydrogen-bond donors (Lipinski definition) is 0. The lowest BCUT2D eigenvalue weighted by molar-refractivity contribution is -0.144. The van der Waals surface area contributed by atoms with Gasteiger partial charge in [-0.3, -0.25) is 9.59 Å². The van der Waals surface area contributed by atoms with Crippen molar-refractivity contribution in [2.75, 3.05) is 39.5 Å². The zero-order valence-corrected chi connectivity index (χ0v) is 16.9. The van der Waals surface area contributed by atoms with E-state index < -0.39 is 0 Å². The summed E-state index contributed by atoms with van der Waals surface area (Å²) in [5.74, 6) is 0.213. The summed E-state index contributed by atoms with van der Waals surface area (Å²) in [6.45, 7) is 8.36. The summed E-state index contributed by atoms with van der Waals surface area (Å²) in [5, 5.41) is 0. The third-order valence-electron chi connectivity index (χ3n) is 3.99. The number of ether oxygens (including phenoxy) is 3. The van der Waals surface area contributed by atoms with Gasteiger partial charge in [-0.2, -0.15) is 0 Å². The number of amides is 1. The van der Waals surface area contributed by atoms with Crippen LogP contribution in [0, 0.1) is 6.92 Å². The van der Waals surface area contributed by atoms with Crippen LogP contribution in [0.2, 0.25) is 0 Å². The lowest BCUT2D eigenvalue weighted by Gasteiger charge is -2.22. The van der Waals surface area contributed by atoms with E-state index in [-0.39, 0.29) is 24.9 Å². The zero-order valence-electron chi connectivity index (χ0n) is 16.9. The zero-order chi connectivity index (χ0) is 19.9. The quantitative estimate of drug-likeness (QED) is 0.366. The Morgan fingerprint density at radius 1 is 1.00 bits per heavy atom. The van der Waals surface area contributed by atoms with Crippen LogP contribution in [-0.2, 0) is 19.1 Å². The van der Waals surface area contributed by atoms with E-state index in [1.165, 1.54) is 0 Å². The molecule has 1 amide bonds. The predicted molar refractivity (Wildman–Crippen MR) is 105 cm³/mol. The molecule has 0 spiro atoms. The second kappa shape index (κ2) is 14.0. The highest BCUT2D eigenvalue weighted by Gasteiger charge is 2.16. The minimum absolute atomic E-state index is 0.0530. The second-order valence-electron chi connectivity index (χ2n) is 6.36. The number of hydrogen-bond acceptors (Lipinski definition) is 5. The van der Waals surface area contributed by atoms with Gasteiger partial charge in [-0.1, -0.05) is 31.0 Å². The molecular weight excluding hydrogens is 346 g/mol. The van der Waals surface area contributed by atoms with Crippen molar-refractivity contribution in [3.63, 3.8) is 0 Å². The van der Waals surface area contributed by atoms with Crippen LogP contribution in [0.3, 0.4) is 0 Å². The van der Waals surface area contributed by atoms with Crippen molar-refractivity contribution in [3.8, 4) is 5.75 Å². The molecule has 0 N–H and O–H groups in total. The minimum atomic E-state index is -0.297. The smallest absolute Gasteiger partial charge is 0.307 e. The van der Waals surface area contributed by atoms with Crippen LogP contribution in [0.4, 0.5) is 0 Å². The third kappa shape index (κ3) is 10.6. The molecule has 0 aliphatic carbocycles. The Balaban J connectivity index is 2.47. The van der Waals surface area contributed by atoms with Crippen LogP contribution in [0.15, 0.2) is 24.3 Å². The molecule has 1 aromatic carbocycles. The number of nitrogens with zero attached hydrogens (tertiary/aromatic N) is 1. The fraction of sp³-hybridized carbons (Fsp3) is 0.619. The first-order valence-corrected chi connectivity index (χ1v) is 9.77. The van der Waals surface area contributed by atoms with Gasteiger partial charge in [0.15, 0.2) is 6.61 Å². The molecule has 0 aromatic heterocycles. The Morgan fingerprint density at radius 3 is 2.37 bits per heavy atom. The van der Waals surface area contributed by atoms with Gasteiger partial charge < -0.3 is 19.1 Å². The minimum Gasteiger partial charge on any atom is -0.484 e. The van der Waals surface area contributed by atoms with Crippen molar-refractivity contribution in [2.24, 2.45) is 0 Å². The Hall–Kier alpha value is -2.08. The first kappa shape index (κ1) is 23.0. The van der Waals surface area contributed by atoms with Crippen molar-refractivity contribution in [1.29, 1.82) is 0 Å². The molecule has 0 saturated heterocycles. The molecule has 0 aliphatic rings. The number of aryl methyl sites for hydroxylation is 1. The Labute approximate surface area is 162 Å². The molecule has 0 unspecified atom stereocenters. The van der Waals surface area contributed by atoms with Crippen LogP contribution in [0.1, 0.15) is 45.1 Å². The van der Waals surface area contributed by atoms with Crippen LogP contribution >= 0.6 is 0 Å². The van der Waals surface area contributed by atoms with E-state index in [4.69, 9.17) is 14.2 Å². The van der Waals surface area contributed by atoms with Gasteiger partial charge in [-0.25, -0.2) is 0 Å². The first-order valence-electron chi connectivity index (χ1n) is 9.77. The summed E-state index contributed by atoms with van der Waals surface area (Å²) in [6, 6.07) is 7.55. The lowest BCUT2D eigenvalue weighted by atomic mass is 10.2. The lowest BCUT2D eigenvalue weighted by Crippen LogP contribution is -2.37. The largest absolute Gasteiger partial charge is 0.484 e. The third-order valence-corrected chi connectivity index (χ3v) is 3.99. The molecule has 1 aromatic rings. The summed E-state index contributed by atoms with van der Waals surface area (Å²) in [7, 11) is 0. The van der Waals surface area contributed by atoms with E-state index in [9.17, 15) is 9.59 Å². The first-order chi connectivity index (χ1) is 13.1. The standard InChI is InChI=1S/C21H33NO5/c1-4-6-15-25-16-7-13-22(14-12-21(24)26-5-2)20(23)17-27-19-10-8-18(3)9-11-19/h8-11H,4-7,12-17H2,1-3H3. The molecule has 27 heavy (non-hydrogen) atoms. The average Bonchev–Trinajstić information content (AvgIpc) is 2.66. The molecule has 0 aliphatic heterocycles. The molecule has 1 rings (SSSR count). The van der Waals surface area contributed by atoms with Crippen molar-refractivity contribution >= 4 is 11.9 Å². The van der Waals surface area contributed by atoms with Crippen LogP contribution in [0.25, 0.3) is 0 Å². The fourth-order valence-electron chi connectivity index (χ4n) is 2.40. The number of benzene rings is 1. The van der Waals surface area contributed by atoms with E-state index in [0.717, 1.165) is 31.4 Å². The highest BCUT2D eigenvalue weighted by atomic mass is 16.5. The predicted octanol–water partition coefficient (Wildman–Crippen LogP) is 3.36. The SMILES string of the molecule is CCCCOCCCN(CCC(=O)OCC)C(=O)COc1ccc(C)cc1. The van der Waals surface area contributed by atoms with Crippen molar-refractivity contribution < 1.29 is 23.8 Å². The highest BCUT2D eigenvalue weighted by Crippen LogP contribution is 2.11. The summed E-state index contributed by atoms with van der Waals surface area (Å²) in [5.41, 5.74) is 1.13. The number of esters is 1. The number of rotatable bonds is 14. The van der Waals surface area contributed by atoms with Gasteiger partial charge in [-0.05, 0) is 38.8 Å². The summed E-state index contributed by atoms with van der Waals surface area (Å²) < 4.78 is 16.1. The number of carbonyl (C=O) groups is 2. The van der Waals surface area contributed by atoms with E-state index >= 15 is 0 Å². The van der Waals surface area contributed by atoms with E-state index in [2.05, 4.69) is 6.92 Å². The second-order valence-corrected chi connectivity index (χ2v) is 6.36. The molecule has 0 saturated carbocycles. The van der Waals surface area contributed by atoms with Gasteiger partial charge in [0, 0.05) is 26.3 Å². The molecule has 6 heteroatoms. The molecule has 0 atom stereocenters. The maximum Gasteiger partial charge on any atom is 0.307 e. The molecule has 0 bridgehead atoms. The van der Waals surface area contributed by atoms with Crippen molar-refractivity contribution in [2.45, 2.75) is 46.5 Å². The molecule has 6 nitrogen and oxygen atoms in total. The topological polar surface area (TPSA) is 65.1 Å². The highest BCUT2D eigenvalue weighted by molar-refractivity contribution is 5.78. The average molecular weight is 379 g/mol. The normalized spacial score (nSPS) is 10.5. The maximum absolute atomic E-state index is 12.5. The van der Waals surface area contributed by atoms with Gasteiger partial charge in [0.05, 0.1) is 13.0 Å². The molecule has 0 radical (unpaired) electrons. The van der Waals surface area contributed by atoms with Crippen LogP contribution in [0.5, 0.6) is 5.75 Å². The van der Waals surface area contributed by atoms with Gasteiger partial charge >= 0.3 is 5.97 Å². The van der Waals surface area contributed by atoms with Crippen molar-refractivity contribution in [3.05, 3.63) is 29.8 Å². The molecule has 152 valence electrons. The Morgan fingerprint density at radius 2 is 1.70 bits per heavy atom. The summed E-state index contributed by atoms with van der Waals surface area (Å²) in [6.07, 6.45) is 3.04. The van der Waals surface area contributed by atoms with Crippen molar-refractivity contribution in [1.82, 2.24) is 4.90 Å². The van der Waals surface area contributed by atoms with E-state index in [0.29, 0.717) is 32.1 Å². The summed E-state index contributed by atoms with van der Waals surface area (Å²) in [4.78, 5) is 25.8. The molecule has 0 fully saturated rings. The fourth-order valence-corrected chi connectivity index (χ4v) is 2.40. The monoisotopic (exact) mass is 379 g/mol. The molecular formula is C21H33NO5. The number of unbranched alkanes of at least 4 members (excludes halogenated alkanes) is 1. The number of carbonyl (C=O) groups excluding carboxylic acids is 2. The van der Waals surface area contributed by atoms with Crippen LogP contribution in [-0.4, -0.2) is 56.3 Å². The molecule has 0 heterocycles. The Kier molecular flexibility index (Phi) is 11.9. The van der Waals surface area contributed by atoms with Gasteiger partial charge in [-0.15, -0.1) is 0 Å². The Bertz CT molecular complexity index is 544. The van der Waals surface area contributed by atoms with Gasteiger partial charge in [0.1, 0.15) is 5.75 Å².